The number of Topliss-reactive ketones (excluding diaryl/α,β-unsaturated/α-hetero) is 1. The molecule has 2 N–H and O–H groups in total. The minimum atomic E-state index is -0.699. The van der Waals surface area contributed by atoms with Crippen molar-refractivity contribution in [2.45, 2.75) is 51.7 Å². The summed E-state index contributed by atoms with van der Waals surface area (Å²) in [6, 6.07) is -0.699. The first-order valence-corrected chi connectivity index (χ1v) is 7.02. The maximum absolute atomic E-state index is 12.2. The Morgan fingerprint density at radius 2 is 2.15 bits per heavy atom. The number of aliphatic hydroxyl groups is 1. The molecule has 1 rings (SSSR count). The van der Waals surface area contributed by atoms with E-state index in [0.717, 1.165) is 6.42 Å². The molecule has 116 valence electrons. The lowest BCUT2D eigenvalue weighted by atomic mass is 9.97. The van der Waals surface area contributed by atoms with Crippen LogP contribution in [0, 0.1) is 5.92 Å². The number of carbonyl (C=O) groups is 2. The van der Waals surface area contributed by atoms with Gasteiger partial charge in [0, 0.05) is 26.2 Å². The average Bonchev–Trinajstić information content (AvgIpc) is 2.78. The van der Waals surface area contributed by atoms with Gasteiger partial charge >= 0.3 is 6.09 Å². The van der Waals surface area contributed by atoms with Gasteiger partial charge in [0.1, 0.15) is 5.60 Å². The Balaban J connectivity index is 2.49. The third kappa shape index (κ3) is 6.34. The second kappa shape index (κ2) is 7.59. The third-order valence-corrected chi connectivity index (χ3v) is 3.01. The van der Waals surface area contributed by atoms with Crippen LogP contribution in [0.4, 0.5) is 4.79 Å². The zero-order valence-corrected chi connectivity index (χ0v) is 12.5. The van der Waals surface area contributed by atoms with E-state index in [1.54, 1.807) is 20.8 Å². The van der Waals surface area contributed by atoms with E-state index < -0.39 is 17.7 Å². The van der Waals surface area contributed by atoms with Crippen molar-refractivity contribution in [1.82, 2.24) is 5.32 Å². The molecule has 0 aromatic heterocycles. The van der Waals surface area contributed by atoms with Gasteiger partial charge in [-0.1, -0.05) is 0 Å². The summed E-state index contributed by atoms with van der Waals surface area (Å²) in [5, 5.41) is 11.6. The minimum absolute atomic E-state index is 0.0830. The fraction of sp³-hybridized carbons (Fsp3) is 0.857. The Hall–Kier alpha value is -1.14. The van der Waals surface area contributed by atoms with Crippen molar-refractivity contribution in [3.63, 3.8) is 0 Å². The number of hydrogen-bond donors (Lipinski definition) is 2. The van der Waals surface area contributed by atoms with Crippen LogP contribution < -0.4 is 5.32 Å². The van der Waals surface area contributed by atoms with Gasteiger partial charge in [0.25, 0.3) is 0 Å². The topological polar surface area (TPSA) is 84.9 Å². The Morgan fingerprint density at radius 1 is 1.45 bits per heavy atom. The molecule has 6 nitrogen and oxygen atoms in total. The van der Waals surface area contributed by atoms with Crippen LogP contribution in [0.3, 0.4) is 0 Å². The molecule has 1 aliphatic rings. The molecule has 0 unspecified atom stereocenters. The van der Waals surface area contributed by atoms with Crippen molar-refractivity contribution in [2.24, 2.45) is 5.92 Å². The third-order valence-electron chi connectivity index (χ3n) is 3.01. The van der Waals surface area contributed by atoms with E-state index in [4.69, 9.17) is 14.6 Å². The molecular weight excluding hydrogens is 262 g/mol. The summed E-state index contributed by atoms with van der Waals surface area (Å²) in [4.78, 5) is 23.8. The summed E-state index contributed by atoms with van der Waals surface area (Å²) in [5.41, 5.74) is -0.615. The molecular formula is C14H25NO5. The minimum Gasteiger partial charge on any atom is -0.444 e. The van der Waals surface area contributed by atoms with Crippen molar-refractivity contribution < 1.29 is 24.2 Å². The van der Waals surface area contributed by atoms with E-state index in [1.807, 2.05) is 0 Å². The molecule has 6 heteroatoms. The van der Waals surface area contributed by atoms with Crippen LogP contribution in [0.2, 0.25) is 0 Å². The number of ketones is 1. The fourth-order valence-corrected chi connectivity index (χ4v) is 2.06. The summed E-state index contributed by atoms with van der Waals surface area (Å²) in [6.07, 6.45) is 0.794. The molecule has 0 aliphatic carbocycles. The zero-order valence-electron chi connectivity index (χ0n) is 12.5. The molecule has 0 spiro atoms. The highest BCUT2D eigenvalue weighted by Gasteiger charge is 2.27. The van der Waals surface area contributed by atoms with Crippen LogP contribution in [0.5, 0.6) is 0 Å². The monoisotopic (exact) mass is 287 g/mol. The van der Waals surface area contributed by atoms with Gasteiger partial charge in [-0.15, -0.1) is 0 Å². The van der Waals surface area contributed by atoms with E-state index in [0.29, 0.717) is 19.6 Å². The molecule has 2 atom stereocenters. The summed E-state index contributed by atoms with van der Waals surface area (Å²) in [6.45, 7) is 6.38. The van der Waals surface area contributed by atoms with Crippen LogP contribution in [0.25, 0.3) is 0 Å². The second-order valence-corrected chi connectivity index (χ2v) is 6.11. The lowest BCUT2D eigenvalue weighted by Gasteiger charge is -2.23. The average molecular weight is 287 g/mol. The molecule has 1 aliphatic heterocycles. The molecule has 1 fully saturated rings. The van der Waals surface area contributed by atoms with Gasteiger partial charge in [-0.05, 0) is 39.5 Å². The number of amides is 1. The Bertz CT molecular complexity index is 331. The van der Waals surface area contributed by atoms with E-state index in [2.05, 4.69) is 5.32 Å². The van der Waals surface area contributed by atoms with Crippen molar-refractivity contribution >= 4 is 11.9 Å². The van der Waals surface area contributed by atoms with Gasteiger partial charge < -0.3 is 19.9 Å². The Kier molecular flexibility index (Phi) is 6.42. The van der Waals surface area contributed by atoms with Crippen molar-refractivity contribution in [3.8, 4) is 0 Å². The van der Waals surface area contributed by atoms with E-state index in [1.165, 1.54) is 0 Å². The van der Waals surface area contributed by atoms with E-state index >= 15 is 0 Å². The number of hydrogen-bond acceptors (Lipinski definition) is 5. The Morgan fingerprint density at radius 3 is 2.65 bits per heavy atom. The van der Waals surface area contributed by atoms with Crippen molar-refractivity contribution in [1.29, 1.82) is 0 Å². The van der Waals surface area contributed by atoms with Gasteiger partial charge in [0.15, 0.2) is 5.78 Å². The van der Waals surface area contributed by atoms with Crippen molar-refractivity contribution in [2.75, 3.05) is 19.8 Å². The number of ether oxygens (including phenoxy) is 2. The number of alkyl carbamates (subject to hydrolysis) is 1. The van der Waals surface area contributed by atoms with Crippen LogP contribution in [0.1, 0.15) is 40.0 Å². The predicted molar refractivity (Wildman–Crippen MR) is 73.4 cm³/mol. The number of aliphatic hydroxyl groups excluding tert-OH is 1. The Labute approximate surface area is 119 Å². The highest BCUT2D eigenvalue weighted by molar-refractivity contribution is 5.87. The maximum atomic E-state index is 12.2. The number of rotatable bonds is 6. The van der Waals surface area contributed by atoms with Crippen LogP contribution in [-0.4, -0.2) is 48.4 Å². The summed E-state index contributed by atoms with van der Waals surface area (Å²) >= 11 is 0. The second-order valence-electron chi connectivity index (χ2n) is 6.11. The number of nitrogens with one attached hydrogen (secondary N) is 1. The molecule has 1 saturated heterocycles. The largest absolute Gasteiger partial charge is 0.444 e. The van der Waals surface area contributed by atoms with E-state index in [9.17, 15) is 9.59 Å². The van der Waals surface area contributed by atoms with Crippen LogP contribution in [-0.2, 0) is 14.3 Å². The first kappa shape index (κ1) is 16.9. The molecule has 0 bridgehead atoms. The van der Waals surface area contributed by atoms with Gasteiger partial charge in [-0.2, -0.15) is 0 Å². The van der Waals surface area contributed by atoms with Crippen LogP contribution >= 0.6 is 0 Å². The van der Waals surface area contributed by atoms with E-state index in [-0.39, 0.29) is 24.7 Å². The quantitative estimate of drug-likeness (QED) is 0.768. The summed E-state index contributed by atoms with van der Waals surface area (Å²) in [7, 11) is 0. The summed E-state index contributed by atoms with van der Waals surface area (Å²) < 4.78 is 10.4. The van der Waals surface area contributed by atoms with Gasteiger partial charge in [-0.3, -0.25) is 4.79 Å². The molecule has 0 saturated carbocycles. The van der Waals surface area contributed by atoms with Gasteiger partial charge in [-0.25, -0.2) is 4.79 Å². The SMILES string of the molecule is CC(C)(C)OC(=O)N[C@@H](CCO)C(=O)C[C@H]1CCOC1. The van der Waals surface area contributed by atoms with Crippen LogP contribution in [0.15, 0.2) is 0 Å². The summed E-state index contributed by atoms with van der Waals surface area (Å²) in [5.74, 6) is 0.129. The normalized spacial score (nSPS) is 20.5. The zero-order chi connectivity index (χ0) is 15.2. The van der Waals surface area contributed by atoms with Crippen molar-refractivity contribution in [3.05, 3.63) is 0 Å². The maximum Gasteiger partial charge on any atom is 0.408 e. The molecule has 20 heavy (non-hydrogen) atoms. The predicted octanol–water partition coefficient (Wildman–Crippen LogP) is 1.26. The number of carbonyl (C=O) groups excluding carboxylic acids is 2. The highest BCUT2D eigenvalue weighted by atomic mass is 16.6. The van der Waals surface area contributed by atoms with Gasteiger partial charge in [0.2, 0.25) is 0 Å². The molecule has 1 amide bonds. The lowest BCUT2D eigenvalue weighted by molar-refractivity contribution is -0.122. The fourth-order valence-electron chi connectivity index (χ4n) is 2.06. The smallest absolute Gasteiger partial charge is 0.408 e. The van der Waals surface area contributed by atoms with Gasteiger partial charge in [0.05, 0.1) is 6.04 Å². The lowest BCUT2D eigenvalue weighted by Crippen LogP contribution is -2.44. The molecule has 0 aromatic rings. The molecule has 0 radical (unpaired) electrons. The molecule has 1 heterocycles. The highest BCUT2D eigenvalue weighted by Crippen LogP contribution is 2.18. The molecule has 0 aromatic carbocycles. The first-order chi connectivity index (χ1) is 9.31. The standard InChI is InChI=1S/C14H25NO5/c1-14(2,3)20-13(18)15-11(4-6-16)12(17)8-10-5-7-19-9-10/h10-11,16H,4-9H2,1-3H3,(H,15,18)/t10-,11+/m1/s1. The first-order valence-electron chi connectivity index (χ1n) is 7.02.